The molecule has 0 aliphatic carbocycles. The topological polar surface area (TPSA) is 148 Å². The van der Waals surface area contributed by atoms with Gasteiger partial charge in [-0.05, 0) is 36.8 Å². The predicted octanol–water partition coefficient (Wildman–Crippen LogP) is 3.56. The number of carboxylic acid groups (broad SMARTS) is 1. The Kier molecular flexibility index (Phi) is 7.32. The maximum absolute atomic E-state index is 12.9. The number of hydrogen-bond acceptors (Lipinski definition) is 11. The molecule has 2 aromatic heterocycles. The molecule has 3 heterocycles. The minimum Gasteiger partial charge on any atom is -0.496 e. The van der Waals surface area contributed by atoms with E-state index in [1.165, 1.54) is 36.6 Å². The molecule has 0 saturated carbocycles. The second-order valence-corrected chi connectivity index (χ2v) is 9.53. The molecule has 1 fully saturated rings. The normalized spacial score (nSPS) is 14.7. The Hall–Kier alpha value is -4.65. The molecule has 1 aliphatic heterocycles. The second kappa shape index (κ2) is 11.0. The summed E-state index contributed by atoms with van der Waals surface area (Å²) >= 11 is 1.42. The van der Waals surface area contributed by atoms with Gasteiger partial charge in [0, 0.05) is 36.4 Å². The number of rotatable bonds is 9. The number of nitrogens with zero attached hydrogens (tertiary/aromatic N) is 4. The number of methoxy groups -OCH3 is 3. The first-order valence-corrected chi connectivity index (χ1v) is 12.9. The molecule has 1 saturated heterocycles. The van der Waals surface area contributed by atoms with Crippen LogP contribution in [0.25, 0.3) is 10.3 Å². The third-order valence-corrected chi connectivity index (χ3v) is 7.05. The third-order valence-electron chi connectivity index (χ3n) is 6.33. The SMILES string of the molecule is COc1ccc(Nc2nc(N3CCC(NC(=O)c4ccc(C(=O)O)c(OC)c4)C3)nc3scnc23)cc1OC. The maximum Gasteiger partial charge on any atom is 0.339 e. The molecule has 1 unspecified atom stereocenters. The largest absolute Gasteiger partial charge is 0.496 e. The summed E-state index contributed by atoms with van der Waals surface area (Å²) in [6, 6.07) is 9.60. The van der Waals surface area contributed by atoms with E-state index >= 15 is 0 Å². The van der Waals surface area contributed by atoms with E-state index in [4.69, 9.17) is 24.2 Å². The lowest BCUT2D eigenvalue weighted by Crippen LogP contribution is -2.37. The van der Waals surface area contributed by atoms with Gasteiger partial charge in [0.1, 0.15) is 16.8 Å². The van der Waals surface area contributed by atoms with Gasteiger partial charge in [0.2, 0.25) is 5.95 Å². The van der Waals surface area contributed by atoms with Crippen molar-refractivity contribution in [3.05, 3.63) is 53.0 Å². The molecule has 13 heteroatoms. The van der Waals surface area contributed by atoms with Gasteiger partial charge in [0.05, 0.1) is 26.8 Å². The number of nitrogens with one attached hydrogen (secondary N) is 2. The van der Waals surface area contributed by atoms with Gasteiger partial charge in [-0.25, -0.2) is 9.78 Å². The van der Waals surface area contributed by atoms with Crippen LogP contribution in [0.1, 0.15) is 27.1 Å². The van der Waals surface area contributed by atoms with Crippen LogP contribution in [0.15, 0.2) is 41.9 Å². The van der Waals surface area contributed by atoms with Crippen molar-refractivity contribution < 1.29 is 28.9 Å². The number of thiazole rings is 1. The third kappa shape index (κ3) is 5.34. The number of carbonyl (C=O) groups excluding carboxylic acids is 1. The van der Waals surface area contributed by atoms with E-state index in [2.05, 4.69) is 15.6 Å². The second-order valence-electron chi connectivity index (χ2n) is 8.70. The number of fused-ring (bicyclic) bond motifs is 1. The van der Waals surface area contributed by atoms with Gasteiger partial charge in [0.25, 0.3) is 5.91 Å². The monoisotopic (exact) mass is 550 g/mol. The Bertz CT molecular complexity index is 1540. The van der Waals surface area contributed by atoms with Crippen LogP contribution in [0.2, 0.25) is 0 Å². The first-order valence-electron chi connectivity index (χ1n) is 12.0. The van der Waals surface area contributed by atoms with Gasteiger partial charge in [0.15, 0.2) is 22.1 Å². The molecule has 4 aromatic rings. The van der Waals surface area contributed by atoms with Crippen molar-refractivity contribution in [3.63, 3.8) is 0 Å². The lowest BCUT2D eigenvalue weighted by Gasteiger charge is -2.18. The summed E-state index contributed by atoms with van der Waals surface area (Å²) in [4.78, 5) is 40.9. The average Bonchev–Trinajstić information content (AvgIpc) is 3.62. The molecule has 1 aliphatic rings. The molecule has 0 bridgehead atoms. The maximum atomic E-state index is 12.9. The number of aromatic carboxylic acids is 1. The van der Waals surface area contributed by atoms with Crippen LogP contribution in [0.3, 0.4) is 0 Å². The Morgan fingerprint density at radius 1 is 1.03 bits per heavy atom. The molecule has 1 atom stereocenters. The first-order chi connectivity index (χ1) is 18.9. The van der Waals surface area contributed by atoms with E-state index in [9.17, 15) is 14.7 Å². The average molecular weight is 551 g/mol. The van der Waals surface area contributed by atoms with E-state index in [1.54, 1.807) is 25.8 Å². The van der Waals surface area contributed by atoms with Crippen LogP contribution in [0.5, 0.6) is 17.2 Å². The van der Waals surface area contributed by atoms with E-state index in [0.717, 1.165) is 10.5 Å². The summed E-state index contributed by atoms with van der Waals surface area (Å²) in [6.07, 6.45) is 0.693. The highest BCUT2D eigenvalue weighted by Crippen LogP contribution is 2.33. The van der Waals surface area contributed by atoms with Crippen LogP contribution in [0, 0.1) is 0 Å². The Morgan fingerprint density at radius 2 is 1.82 bits per heavy atom. The van der Waals surface area contributed by atoms with Crippen molar-refractivity contribution >= 4 is 51.0 Å². The first kappa shape index (κ1) is 26.0. The van der Waals surface area contributed by atoms with E-state index < -0.39 is 5.97 Å². The molecular formula is C26H26N6O6S. The smallest absolute Gasteiger partial charge is 0.339 e. The van der Waals surface area contributed by atoms with Crippen LogP contribution < -0.4 is 29.7 Å². The summed E-state index contributed by atoms with van der Waals surface area (Å²) in [7, 11) is 4.53. The minimum absolute atomic E-state index is 0.00537. The Morgan fingerprint density at radius 3 is 2.56 bits per heavy atom. The molecule has 3 N–H and O–H groups in total. The van der Waals surface area contributed by atoms with Crippen LogP contribution >= 0.6 is 11.3 Å². The minimum atomic E-state index is -1.12. The van der Waals surface area contributed by atoms with Gasteiger partial charge in [-0.2, -0.15) is 9.97 Å². The summed E-state index contributed by atoms with van der Waals surface area (Å²) in [5.74, 6) is 0.977. The van der Waals surface area contributed by atoms with Gasteiger partial charge >= 0.3 is 5.97 Å². The summed E-state index contributed by atoms with van der Waals surface area (Å²) < 4.78 is 15.9. The van der Waals surface area contributed by atoms with Gasteiger partial charge in [-0.1, -0.05) is 0 Å². The molecule has 1 amide bonds. The van der Waals surface area contributed by atoms with Crippen molar-refractivity contribution in [2.24, 2.45) is 0 Å². The van der Waals surface area contributed by atoms with Crippen LogP contribution in [0.4, 0.5) is 17.5 Å². The number of amides is 1. The molecule has 0 spiro atoms. The van der Waals surface area contributed by atoms with Crippen molar-refractivity contribution in [1.29, 1.82) is 0 Å². The zero-order chi connectivity index (χ0) is 27.5. The molecule has 0 radical (unpaired) electrons. The standard InChI is InChI=1S/C26H26N6O6S/c1-36-18-7-5-15(11-20(18)38-3)28-22-21-24(39-13-27-21)31-26(30-22)32-9-8-16(12-32)29-23(33)14-4-6-17(25(34)35)19(10-14)37-2/h4-7,10-11,13,16H,8-9,12H2,1-3H3,(H,29,33)(H,34,35)(H,28,30,31). The van der Waals surface area contributed by atoms with Crippen molar-refractivity contribution in [2.75, 3.05) is 44.6 Å². The molecular weight excluding hydrogens is 524 g/mol. The number of ether oxygens (including phenoxy) is 3. The van der Waals surface area contributed by atoms with Gasteiger partial charge in [-0.15, -0.1) is 11.3 Å². The van der Waals surface area contributed by atoms with Crippen LogP contribution in [-0.4, -0.2) is 72.4 Å². The molecule has 5 rings (SSSR count). The number of hydrogen-bond donors (Lipinski definition) is 3. The number of carbonyl (C=O) groups is 2. The van der Waals surface area contributed by atoms with Crippen molar-refractivity contribution in [1.82, 2.24) is 20.3 Å². The highest BCUT2D eigenvalue weighted by atomic mass is 32.1. The highest BCUT2D eigenvalue weighted by molar-refractivity contribution is 7.16. The fraction of sp³-hybridized carbons (Fsp3) is 0.269. The summed E-state index contributed by atoms with van der Waals surface area (Å²) in [5, 5.41) is 15.6. The van der Waals surface area contributed by atoms with Gasteiger partial charge in [-0.3, -0.25) is 4.79 Å². The van der Waals surface area contributed by atoms with E-state index in [1.807, 2.05) is 17.0 Å². The lowest BCUT2D eigenvalue weighted by atomic mass is 10.1. The van der Waals surface area contributed by atoms with Crippen molar-refractivity contribution in [2.45, 2.75) is 12.5 Å². The zero-order valence-corrected chi connectivity index (χ0v) is 22.2. The lowest BCUT2D eigenvalue weighted by molar-refractivity contribution is 0.0692. The molecule has 12 nitrogen and oxygen atoms in total. The molecule has 39 heavy (non-hydrogen) atoms. The summed E-state index contributed by atoms with van der Waals surface area (Å²) in [6.45, 7) is 1.16. The van der Waals surface area contributed by atoms with Crippen LogP contribution in [-0.2, 0) is 0 Å². The van der Waals surface area contributed by atoms with Gasteiger partial charge < -0.3 is 34.9 Å². The zero-order valence-electron chi connectivity index (χ0n) is 21.4. The highest BCUT2D eigenvalue weighted by Gasteiger charge is 2.28. The molecule has 202 valence electrons. The Labute approximate surface area is 227 Å². The quantitative estimate of drug-likeness (QED) is 0.281. The number of anilines is 3. The van der Waals surface area contributed by atoms with E-state index in [0.29, 0.717) is 53.9 Å². The van der Waals surface area contributed by atoms with Crippen molar-refractivity contribution in [3.8, 4) is 17.2 Å². The number of carboxylic acids is 1. The number of benzene rings is 2. The summed E-state index contributed by atoms with van der Waals surface area (Å²) in [5.41, 5.74) is 3.44. The van der Waals surface area contributed by atoms with E-state index in [-0.39, 0.29) is 23.3 Å². The Balaban J connectivity index is 1.32. The predicted molar refractivity (Wildman–Crippen MR) is 146 cm³/mol. The molecule has 2 aromatic carbocycles. The fourth-order valence-electron chi connectivity index (χ4n) is 4.37. The number of aromatic nitrogens is 3. The fourth-order valence-corrected chi connectivity index (χ4v) is 5.02.